The molecule has 0 aliphatic carbocycles. The molecule has 11 heteroatoms. The van der Waals surface area contributed by atoms with Crippen LogP contribution in [-0.4, -0.2) is 46.5 Å². The van der Waals surface area contributed by atoms with Gasteiger partial charge in [0.05, 0.1) is 18.0 Å². The predicted octanol–water partition coefficient (Wildman–Crippen LogP) is 4.65. The molecule has 0 bridgehead atoms. The third-order valence-corrected chi connectivity index (χ3v) is 3.64. The lowest BCUT2D eigenvalue weighted by Crippen LogP contribution is -2.52. The van der Waals surface area contributed by atoms with Gasteiger partial charge in [-0.25, -0.2) is 9.79 Å². The Bertz CT molecular complexity index is 646. The van der Waals surface area contributed by atoms with Crippen LogP contribution in [-0.2, 0) is 9.53 Å². The van der Waals surface area contributed by atoms with Crippen LogP contribution in [0.1, 0.15) is 47.5 Å². The number of aliphatic imine (C=N–C) groups is 1. The van der Waals surface area contributed by atoms with Crippen LogP contribution in [0, 0.1) is 10.1 Å². The molecule has 28 heavy (non-hydrogen) atoms. The number of nitrogens with zero attached hydrogens (tertiary/aromatic N) is 3. The molecule has 7 nitrogen and oxygen atoms in total. The number of hydrogen-bond acceptors (Lipinski definition) is 5. The largest absolute Gasteiger partial charge is 0.464 e. The first-order valence-corrected chi connectivity index (χ1v) is 9.04. The second kappa shape index (κ2) is 11.7. The van der Waals surface area contributed by atoms with Crippen molar-refractivity contribution < 1.29 is 27.6 Å². The number of allylic oxidation sites excluding steroid dienone is 2. The molecule has 0 saturated carbocycles. The van der Waals surface area contributed by atoms with Gasteiger partial charge < -0.3 is 9.64 Å². The van der Waals surface area contributed by atoms with Crippen molar-refractivity contribution >= 4 is 23.4 Å². The maximum Gasteiger partial charge on any atom is 0.391 e. The first-order chi connectivity index (χ1) is 12.9. The predicted molar refractivity (Wildman–Crippen MR) is 100 cm³/mol. The highest BCUT2D eigenvalue weighted by Gasteiger charge is 2.43. The molecule has 0 fully saturated rings. The zero-order chi connectivity index (χ0) is 22.1. The summed E-state index contributed by atoms with van der Waals surface area (Å²) in [7, 11) is 0. The van der Waals surface area contributed by atoms with Gasteiger partial charge in [-0.3, -0.25) is 10.1 Å². The van der Waals surface area contributed by atoms with Crippen molar-refractivity contribution in [1.82, 2.24) is 4.90 Å². The SMILES string of the molecule is C\C=C(/C(=N\C(Cl)=C/CC)N(C(C)C)C(CC(F)(F)F)C(=O)OCC)[N+](=O)[O-]. The average molecular weight is 428 g/mol. The zero-order valence-electron chi connectivity index (χ0n) is 16.4. The molecular formula is C17H25ClF3N3O4. The number of carbonyl (C=O) groups is 1. The van der Waals surface area contributed by atoms with Gasteiger partial charge in [0.15, 0.2) is 0 Å². The van der Waals surface area contributed by atoms with Gasteiger partial charge in [0.1, 0.15) is 11.2 Å². The van der Waals surface area contributed by atoms with Gasteiger partial charge in [0.2, 0.25) is 5.84 Å². The van der Waals surface area contributed by atoms with Crippen LogP contribution in [0.4, 0.5) is 13.2 Å². The molecule has 0 aliphatic rings. The van der Waals surface area contributed by atoms with Gasteiger partial charge in [0.25, 0.3) is 0 Å². The normalized spacial score (nSPS) is 14.9. The number of nitro groups is 1. The third kappa shape index (κ3) is 8.28. The van der Waals surface area contributed by atoms with E-state index in [0.717, 1.165) is 11.0 Å². The van der Waals surface area contributed by atoms with E-state index in [1.54, 1.807) is 6.92 Å². The van der Waals surface area contributed by atoms with Crippen LogP contribution in [0.15, 0.2) is 28.0 Å². The van der Waals surface area contributed by atoms with Gasteiger partial charge in [-0.2, -0.15) is 13.2 Å². The number of hydrogen-bond donors (Lipinski definition) is 0. The fourth-order valence-corrected chi connectivity index (χ4v) is 2.62. The molecule has 0 aromatic rings. The lowest BCUT2D eigenvalue weighted by atomic mass is 10.1. The van der Waals surface area contributed by atoms with E-state index >= 15 is 0 Å². The quantitative estimate of drug-likeness (QED) is 0.133. The standard InChI is InChI=1S/C17H25ClF3N3O4/c1-6-9-14(18)22-15(12(7-2)24(26)27)23(11(4)5)13(10-17(19,20)21)16(25)28-8-3/h7,9,11,13H,6,8,10H2,1-5H3/b12-7+,14-9-,22-15+. The van der Waals surface area contributed by atoms with Crippen molar-refractivity contribution in [3.8, 4) is 0 Å². The van der Waals surface area contributed by atoms with Gasteiger partial charge >= 0.3 is 17.8 Å². The van der Waals surface area contributed by atoms with E-state index in [4.69, 9.17) is 16.3 Å². The number of esters is 1. The molecule has 0 amide bonds. The first kappa shape index (κ1) is 25.9. The van der Waals surface area contributed by atoms with Crippen LogP contribution in [0.5, 0.6) is 0 Å². The number of carbonyl (C=O) groups excluding carboxylic acids is 1. The Kier molecular flexibility index (Phi) is 10.8. The molecule has 0 aromatic heterocycles. The number of halogens is 4. The fraction of sp³-hybridized carbons (Fsp3) is 0.647. The summed E-state index contributed by atoms with van der Waals surface area (Å²) in [5, 5.41) is 11.3. The van der Waals surface area contributed by atoms with E-state index in [2.05, 4.69) is 4.99 Å². The first-order valence-electron chi connectivity index (χ1n) is 8.66. The lowest BCUT2D eigenvalue weighted by Gasteiger charge is -2.35. The number of ether oxygens (including phenoxy) is 1. The highest BCUT2D eigenvalue weighted by Crippen LogP contribution is 2.28. The molecule has 0 aliphatic heterocycles. The third-order valence-electron chi connectivity index (χ3n) is 3.40. The molecule has 0 heterocycles. The Morgan fingerprint density at radius 2 is 1.93 bits per heavy atom. The molecular weight excluding hydrogens is 403 g/mol. The summed E-state index contributed by atoms with van der Waals surface area (Å²) in [5.74, 6) is -1.60. The van der Waals surface area contributed by atoms with Crippen molar-refractivity contribution in [2.75, 3.05) is 6.61 Å². The summed E-state index contributed by atoms with van der Waals surface area (Å²) >= 11 is 5.97. The van der Waals surface area contributed by atoms with E-state index in [1.165, 1.54) is 33.8 Å². The maximum atomic E-state index is 13.2. The van der Waals surface area contributed by atoms with Crippen molar-refractivity contribution in [3.05, 3.63) is 33.1 Å². The molecule has 0 N–H and O–H groups in total. The second-order valence-electron chi connectivity index (χ2n) is 5.89. The Labute approximate surface area is 167 Å². The van der Waals surface area contributed by atoms with Crippen molar-refractivity contribution in [1.29, 1.82) is 0 Å². The Hall–Kier alpha value is -2.10. The summed E-state index contributed by atoms with van der Waals surface area (Å²) < 4.78 is 44.3. The molecule has 0 spiro atoms. The molecule has 1 atom stereocenters. The van der Waals surface area contributed by atoms with Crippen LogP contribution < -0.4 is 0 Å². The highest BCUT2D eigenvalue weighted by molar-refractivity contribution is 6.30. The minimum atomic E-state index is -4.72. The Balaban J connectivity index is 6.65. The minimum absolute atomic E-state index is 0.140. The van der Waals surface area contributed by atoms with Gasteiger partial charge in [-0.1, -0.05) is 18.5 Å². The molecule has 0 rings (SSSR count). The van der Waals surface area contributed by atoms with Crippen LogP contribution in [0.25, 0.3) is 0 Å². The van der Waals surface area contributed by atoms with Gasteiger partial charge in [-0.05, 0) is 46.3 Å². The number of rotatable bonds is 9. The minimum Gasteiger partial charge on any atom is -0.464 e. The smallest absolute Gasteiger partial charge is 0.391 e. The van der Waals surface area contributed by atoms with Crippen LogP contribution >= 0.6 is 11.6 Å². The summed E-state index contributed by atoms with van der Waals surface area (Å²) in [6.07, 6.45) is -3.31. The molecule has 0 radical (unpaired) electrons. The van der Waals surface area contributed by atoms with Crippen molar-refractivity contribution in [3.63, 3.8) is 0 Å². The summed E-state index contributed by atoms with van der Waals surface area (Å²) in [5.41, 5.74) is -0.576. The van der Waals surface area contributed by atoms with Crippen molar-refractivity contribution in [2.45, 2.75) is 65.7 Å². The van der Waals surface area contributed by atoms with Crippen LogP contribution in [0.3, 0.4) is 0 Å². The van der Waals surface area contributed by atoms with Gasteiger partial charge in [0, 0.05) is 6.04 Å². The van der Waals surface area contributed by atoms with Crippen LogP contribution in [0.2, 0.25) is 0 Å². The van der Waals surface area contributed by atoms with E-state index in [0.29, 0.717) is 6.42 Å². The molecule has 0 saturated heterocycles. The average Bonchev–Trinajstić information content (AvgIpc) is 2.53. The fourth-order valence-electron chi connectivity index (χ4n) is 2.38. The Morgan fingerprint density at radius 3 is 2.29 bits per heavy atom. The van der Waals surface area contributed by atoms with Gasteiger partial charge in [-0.15, -0.1) is 0 Å². The second-order valence-corrected chi connectivity index (χ2v) is 6.28. The van der Waals surface area contributed by atoms with E-state index in [9.17, 15) is 28.1 Å². The molecule has 0 aromatic carbocycles. The van der Waals surface area contributed by atoms with E-state index in [-0.39, 0.29) is 11.8 Å². The monoisotopic (exact) mass is 427 g/mol. The maximum absolute atomic E-state index is 13.2. The topological polar surface area (TPSA) is 85.0 Å². The number of alkyl halides is 3. The molecule has 1 unspecified atom stereocenters. The number of amidine groups is 1. The lowest BCUT2D eigenvalue weighted by molar-refractivity contribution is -0.416. The highest BCUT2D eigenvalue weighted by atomic mass is 35.5. The Morgan fingerprint density at radius 1 is 1.36 bits per heavy atom. The summed E-state index contributed by atoms with van der Waals surface area (Å²) in [4.78, 5) is 27.9. The summed E-state index contributed by atoms with van der Waals surface area (Å²) in [6, 6.07) is -2.61. The summed E-state index contributed by atoms with van der Waals surface area (Å²) in [6.45, 7) is 7.37. The van der Waals surface area contributed by atoms with Crippen molar-refractivity contribution in [2.24, 2.45) is 4.99 Å². The van der Waals surface area contributed by atoms with E-state index in [1.807, 2.05) is 0 Å². The zero-order valence-corrected chi connectivity index (χ0v) is 17.2. The molecule has 160 valence electrons. The van der Waals surface area contributed by atoms with E-state index < -0.39 is 47.1 Å².